The monoisotopic (exact) mass is 388 g/mol. The van der Waals surface area contributed by atoms with Crippen LogP contribution < -0.4 is 0 Å². The molecular formula is C16H24N2O7S. The average molecular weight is 388 g/mol. The van der Waals surface area contributed by atoms with Crippen LogP contribution >= 0.6 is 0 Å². The molecule has 0 bridgehead atoms. The maximum Gasteiger partial charge on any atom is 0.340 e. The lowest BCUT2D eigenvalue weighted by Gasteiger charge is -2.37. The summed E-state index contributed by atoms with van der Waals surface area (Å²) >= 11 is 0. The number of carbonyl (C=O) groups is 2. The van der Waals surface area contributed by atoms with Crippen molar-refractivity contribution in [3.8, 4) is 0 Å². The van der Waals surface area contributed by atoms with Crippen molar-refractivity contribution in [2.75, 3.05) is 33.3 Å². The number of piperazine rings is 1. The zero-order valence-corrected chi connectivity index (χ0v) is 16.3. The minimum Gasteiger partial charge on any atom is -0.478 e. The van der Waals surface area contributed by atoms with Crippen molar-refractivity contribution in [1.82, 2.24) is 9.21 Å². The standard InChI is InChI=1S/C16H24N2O7S/c1-10-12(14(19)20)13(11(2)25-10)26(22,23)18-8-6-17(7-9-18)15(21)16(3,4)24-5/h6-9H2,1-5H3,(H,19,20). The number of aryl methyl sites for hydroxylation is 2. The van der Waals surface area contributed by atoms with Crippen LogP contribution in [-0.2, 0) is 19.6 Å². The Bertz CT molecular complexity index is 818. The van der Waals surface area contributed by atoms with Gasteiger partial charge in [-0.1, -0.05) is 0 Å². The molecule has 1 saturated heterocycles. The number of furan rings is 1. The number of rotatable bonds is 5. The highest BCUT2D eigenvalue weighted by atomic mass is 32.2. The lowest BCUT2D eigenvalue weighted by molar-refractivity contribution is -0.152. The van der Waals surface area contributed by atoms with Crippen LogP contribution in [0.1, 0.15) is 35.7 Å². The van der Waals surface area contributed by atoms with E-state index in [4.69, 9.17) is 9.15 Å². The van der Waals surface area contributed by atoms with Gasteiger partial charge in [-0.2, -0.15) is 4.31 Å². The third-order valence-electron chi connectivity index (χ3n) is 4.57. The zero-order valence-electron chi connectivity index (χ0n) is 15.5. The molecule has 0 unspecified atom stereocenters. The fraction of sp³-hybridized carbons (Fsp3) is 0.625. The molecule has 2 rings (SSSR count). The lowest BCUT2D eigenvalue weighted by Crippen LogP contribution is -2.55. The first kappa shape index (κ1) is 20.4. The summed E-state index contributed by atoms with van der Waals surface area (Å²) in [5.41, 5.74) is -1.34. The number of carboxylic acids is 1. The van der Waals surface area contributed by atoms with E-state index in [1.807, 2.05) is 0 Å². The van der Waals surface area contributed by atoms with Crippen molar-refractivity contribution in [2.45, 2.75) is 38.2 Å². The van der Waals surface area contributed by atoms with Gasteiger partial charge in [-0.25, -0.2) is 13.2 Å². The maximum atomic E-state index is 13.0. The fourth-order valence-corrected chi connectivity index (χ4v) is 4.75. The van der Waals surface area contributed by atoms with Gasteiger partial charge in [0.25, 0.3) is 5.91 Å². The van der Waals surface area contributed by atoms with Crippen molar-refractivity contribution < 1.29 is 32.3 Å². The first-order chi connectivity index (χ1) is 11.9. The van der Waals surface area contributed by atoms with Crippen LogP contribution in [0.15, 0.2) is 9.31 Å². The van der Waals surface area contributed by atoms with Gasteiger partial charge in [-0.15, -0.1) is 0 Å². The summed E-state index contributed by atoms with van der Waals surface area (Å²) in [5, 5.41) is 9.34. The van der Waals surface area contributed by atoms with Crippen molar-refractivity contribution in [3.63, 3.8) is 0 Å². The van der Waals surface area contributed by atoms with Gasteiger partial charge >= 0.3 is 5.97 Å². The molecular weight excluding hydrogens is 364 g/mol. The van der Waals surface area contributed by atoms with Gasteiger partial charge in [-0.3, -0.25) is 4.79 Å². The number of nitrogens with zero attached hydrogens (tertiary/aromatic N) is 2. The summed E-state index contributed by atoms with van der Waals surface area (Å²) < 4.78 is 37.5. The molecule has 1 amide bonds. The van der Waals surface area contributed by atoms with Crippen molar-refractivity contribution in [1.29, 1.82) is 0 Å². The number of methoxy groups -OCH3 is 1. The quantitative estimate of drug-likeness (QED) is 0.794. The molecule has 0 spiro atoms. The van der Waals surface area contributed by atoms with E-state index in [0.29, 0.717) is 0 Å². The van der Waals surface area contributed by atoms with E-state index < -0.39 is 21.6 Å². The molecule has 10 heteroatoms. The summed E-state index contributed by atoms with van der Waals surface area (Å²) in [5.74, 6) is -1.49. The van der Waals surface area contributed by atoms with E-state index >= 15 is 0 Å². The normalized spacial score (nSPS) is 16.7. The molecule has 1 aromatic heterocycles. The predicted octanol–water partition coefficient (Wildman–Crippen LogP) is 0.853. The smallest absolute Gasteiger partial charge is 0.340 e. The molecule has 0 atom stereocenters. The Hall–Kier alpha value is -1.91. The molecule has 1 aliphatic heterocycles. The summed E-state index contributed by atoms with van der Waals surface area (Å²) in [7, 11) is -2.61. The SMILES string of the molecule is COC(C)(C)C(=O)N1CCN(S(=O)(=O)c2c(C)oc(C)c2C(=O)O)CC1. The topological polar surface area (TPSA) is 117 Å². The number of ether oxygens (including phenoxy) is 1. The van der Waals surface area contributed by atoms with Crippen LogP contribution in [0.25, 0.3) is 0 Å². The molecule has 1 aliphatic rings. The third kappa shape index (κ3) is 3.49. The third-order valence-corrected chi connectivity index (χ3v) is 6.62. The van der Waals surface area contributed by atoms with Gasteiger partial charge in [0.15, 0.2) is 0 Å². The average Bonchev–Trinajstić information content (AvgIpc) is 2.89. The van der Waals surface area contributed by atoms with Crippen molar-refractivity contribution in [3.05, 3.63) is 17.1 Å². The predicted molar refractivity (Wildman–Crippen MR) is 91.6 cm³/mol. The van der Waals surface area contributed by atoms with Crippen LogP contribution in [0.2, 0.25) is 0 Å². The second kappa shape index (κ2) is 7.01. The zero-order chi connectivity index (χ0) is 19.9. The number of sulfonamides is 1. The van der Waals surface area contributed by atoms with Gasteiger partial charge < -0.3 is 19.2 Å². The van der Waals surface area contributed by atoms with Gasteiger partial charge in [-0.05, 0) is 27.7 Å². The van der Waals surface area contributed by atoms with Crippen molar-refractivity contribution in [2.24, 2.45) is 0 Å². The Morgan fingerprint density at radius 1 is 1.12 bits per heavy atom. The van der Waals surface area contributed by atoms with E-state index in [2.05, 4.69) is 0 Å². The summed E-state index contributed by atoms with van der Waals surface area (Å²) in [4.78, 5) is 25.1. The molecule has 1 aromatic rings. The van der Waals surface area contributed by atoms with Crippen LogP contribution in [0.4, 0.5) is 0 Å². The minimum atomic E-state index is -4.05. The molecule has 0 aliphatic carbocycles. The molecule has 2 heterocycles. The van der Waals surface area contributed by atoms with Crippen LogP contribution in [-0.4, -0.2) is 73.5 Å². The largest absolute Gasteiger partial charge is 0.478 e. The summed E-state index contributed by atoms with van der Waals surface area (Å²) in [6, 6.07) is 0. The molecule has 1 fully saturated rings. The van der Waals surface area contributed by atoms with E-state index in [1.165, 1.54) is 25.3 Å². The fourth-order valence-electron chi connectivity index (χ4n) is 2.95. The molecule has 146 valence electrons. The summed E-state index contributed by atoms with van der Waals surface area (Å²) in [6.45, 7) is 6.66. The van der Waals surface area contributed by atoms with Crippen LogP contribution in [0.3, 0.4) is 0 Å². The Balaban J connectivity index is 2.25. The number of hydrogen-bond donors (Lipinski definition) is 1. The lowest BCUT2D eigenvalue weighted by atomic mass is 10.1. The van der Waals surface area contributed by atoms with E-state index in [9.17, 15) is 23.1 Å². The maximum absolute atomic E-state index is 13.0. The van der Waals surface area contributed by atoms with E-state index in [1.54, 1.807) is 18.7 Å². The molecule has 9 nitrogen and oxygen atoms in total. The summed E-state index contributed by atoms with van der Waals surface area (Å²) in [6.07, 6.45) is 0. The second-order valence-electron chi connectivity index (χ2n) is 6.63. The first-order valence-electron chi connectivity index (χ1n) is 8.11. The molecule has 26 heavy (non-hydrogen) atoms. The highest BCUT2D eigenvalue weighted by molar-refractivity contribution is 7.89. The second-order valence-corrected chi connectivity index (χ2v) is 8.51. The highest BCUT2D eigenvalue weighted by Gasteiger charge is 2.39. The first-order valence-corrected chi connectivity index (χ1v) is 9.55. The number of amides is 1. The Morgan fingerprint density at radius 3 is 2.12 bits per heavy atom. The van der Waals surface area contributed by atoms with Crippen LogP contribution in [0, 0.1) is 13.8 Å². The number of aromatic carboxylic acids is 1. The number of carbonyl (C=O) groups excluding carboxylic acids is 1. The Morgan fingerprint density at radius 2 is 1.65 bits per heavy atom. The number of hydrogen-bond acceptors (Lipinski definition) is 6. The molecule has 0 aromatic carbocycles. The highest BCUT2D eigenvalue weighted by Crippen LogP contribution is 2.30. The molecule has 0 saturated carbocycles. The van der Waals surface area contributed by atoms with Crippen LogP contribution in [0.5, 0.6) is 0 Å². The Kier molecular flexibility index (Phi) is 5.50. The minimum absolute atomic E-state index is 0.0407. The van der Waals surface area contributed by atoms with E-state index in [0.717, 1.165) is 0 Å². The molecule has 1 N–H and O–H groups in total. The van der Waals surface area contributed by atoms with Gasteiger partial charge in [0.05, 0.1) is 0 Å². The van der Waals surface area contributed by atoms with Gasteiger partial charge in [0.2, 0.25) is 10.0 Å². The Labute approximate surface area is 152 Å². The molecule has 0 radical (unpaired) electrons. The number of carboxylic acid groups (broad SMARTS) is 1. The van der Waals surface area contributed by atoms with Gasteiger partial charge in [0.1, 0.15) is 27.6 Å². The van der Waals surface area contributed by atoms with Crippen molar-refractivity contribution >= 4 is 21.9 Å². The van der Waals surface area contributed by atoms with Gasteiger partial charge in [0, 0.05) is 33.3 Å². The van der Waals surface area contributed by atoms with E-state index in [-0.39, 0.29) is 54.1 Å².